The monoisotopic (exact) mass is 318 g/mol. The Hall–Kier alpha value is -2.53. The summed E-state index contributed by atoms with van der Waals surface area (Å²) >= 11 is 5.78. The second-order valence-electron chi connectivity index (χ2n) is 4.82. The molecule has 0 radical (unpaired) electrons. The number of phenolic OH excluding ortho intramolecular Hbond substituents is 1. The average Bonchev–Trinajstić information content (AvgIpc) is 2.49. The Balaban J connectivity index is 2.09. The Labute approximate surface area is 132 Å². The zero-order valence-electron chi connectivity index (χ0n) is 12.1. The first-order valence-corrected chi connectivity index (χ1v) is 6.93. The largest absolute Gasteiger partial charge is 0.507 e. The van der Waals surface area contributed by atoms with Crippen LogP contribution in [0.1, 0.15) is 31.8 Å². The van der Waals surface area contributed by atoms with Gasteiger partial charge in [0.25, 0.3) is 11.8 Å². The molecule has 6 heteroatoms. The minimum Gasteiger partial charge on any atom is -0.507 e. The van der Waals surface area contributed by atoms with Gasteiger partial charge in [-0.05, 0) is 49.2 Å². The third kappa shape index (κ3) is 3.38. The Morgan fingerprint density at radius 3 is 2.32 bits per heavy atom. The topological polar surface area (TPSA) is 78.4 Å². The summed E-state index contributed by atoms with van der Waals surface area (Å²) in [5.41, 5.74) is 6.83. The first kappa shape index (κ1) is 15.9. The molecule has 5 nitrogen and oxygen atoms in total. The van der Waals surface area contributed by atoms with Crippen molar-refractivity contribution in [2.75, 3.05) is 0 Å². The molecular weight excluding hydrogens is 304 g/mol. The highest BCUT2D eigenvalue weighted by Gasteiger charge is 2.14. The van der Waals surface area contributed by atoms with E-state index in [1.165, 1.54) is 18.2 Å². The smallest absolute Gasteiger partial charge is 0.273 e. The summed E-state index contributed by atoms with van der Waals surface area (Å²) in [7, 11) is 0. The van der Waals surface area contributed by atoms with Crippen molar-refractivity contribution < 1.29 is 14.7 Å². The van der Waals surface area contributed by atoms with Crippen molar-refractivity contribution in [3.05, 3.63) is 63.7 Å². The molecule has 0 atom stereocenters. The van der Waals surface area contributed by atoms with Gasteiger partial charge < -0.3 is 5.11 Å². The molecule has 2 aromatic carbocycles. The van der Waals surface area contributed by atoms with E-state index in [0.717, 1.165) is 11.1 Å². The minimum absolute atomic E-state index is 0.0197. The fourth-order valence-corrected chi connectivity index (χ4v) is 2.11. The number of amides is 2. The van der Waals surface area contributed by atoms with Crippen LogP contribution in [-0.2, 0) is 0 Å². The van der Waals surface area contributed by atoms with Gasteiger partial charge in [-0.1, -0.05) is 23.7 Å². The van der Waals surface area contributed by atoms with Crippen LogP contribution in [0, 0.1) is 13.8 Å². The molecule has 2 amide bonds. The predicted molar refractivity (Wildman–Crippen MR) is 84.0 cm³/mol. The van der Waals surface area contributed by atoms with E-state index in [4.69, 9.17) is 11.6 Å². The summed E-state index contributed by atoms with van der Waals surface area (Å²) in [6.07, 6.45) is 0. The number of carbonyl (C=O) groups is 2. The summed E-state index contributed by atoms with van der Waals surface area (Å²) in [5.74, 6) is -1.31. The summed E-state index contributed by atoms with van der Waals surface area (Å²) in [6.45, 7) is 3.73. The molecule has 0 bridgehead atoms. The zero-order chi connectivity index (χ0) is 16.3. The number of nitrogens with one attached hydrogen (secondary N) is 2. The SMILES string of the molecule is Cc1cccc(C(=O)NNC(=O)c2cc(Cl)ccc2O)c1C. The van der Waals surface area contributed by atoms with Crippen LogP contribution in [0.4, 0.5) is 0 Å². The molecule has 0 unspecified atom stereocenters. The first-order chi connectivity index (χ1) is 10.4. The van der Waals surface area contributed by atoms with Gasteiger partial charge in [-0.25, -0.2) is 0 Å². The molecule has 114 valence electrons. The maximum Gasteiger partial charge on any atom is 0.273 e. The van der Waals surface area contributed by atoms with Crippen molar-refractivity contribution in [2.24, 2.45) is 0 Å². The molecule has 2 rings (SSSR count). The molecule has 0 spiro atoms. The predicted octanol–water partition coefficient (Wildman–Crippen LogP) is 2.74. The van der Waals surface area contributed by atoms with Crippen LogP contribution in [0.25, 0.3) is 0 Å². The van der Waals surface area contributed by atoms with Crippen molar-refractivity contribution in [1.29, 1.82) is 0 Å². The number of aromatic hydroxyl groups is 1. The van der Waals surface area contributed by atoms with Gasteiger partial charge in [0, 0.05) is 10.6 Å². The van der Waals surface area contributed by atoms with Crippen molar-refractivity contribution in [3.8, 4) is 5.75 Å². The van der Waals surface area contributed by atoms with Crippen LogP contribution >= 0.6 is 11.6 Å². The number of phenols is 1. The van der Waals surface area contributed by atoms with Crippen LogP contribution in [0.2, 0.25) is 5.02 Å². The van der Waals surface area contributed by atoms with Gasteiger partial charge in [-0.15, -0.1) is 0 Å². The molecule has 0 heterocycles. The molecule has 2 aromatic rings. The van der Waals surface area contributed by atoms with E-state index in [2.05, 4.69) is 10.9 Å². The second kappa shape index (κ2) is 6.49. The van der Waals surface area contributed by atoms with Gasteiger partial charge in [0.1, 0.15) is 5.75 Å². The van der Waals surface area contributed by atoms with Gasteiger partial charge in [0.15, 0.2) is 0 Å². The highest BCUT2D eigenvalue weighted by Crippen LogP contribution is 2.21. The van der Waals surface area contributed by atoms with Crippen LogP contribution in [0.3, 0.4) is 0 Å². The maximum atomic E-state index is 12.1. The van der Waals surface area contributed by atoms with Crippen LogP contribution in [0.15, 0.2) is 36.4 Å². The zero-order valence-corrected chi connectivity index (χ0v) is 12.9. The lowest BCUT2D eigenvalue weighted by Crippen LogP contribution is -2.41. The fraction of sp³-hybridized carbons (Fsp3) is 0.125. The summed E-state index contributed by atoms with van der Waals surface area (Å²) < 4.78 is 0. The third-order valence-electron chi connectivity index (χ3n) is 3.34. The highest BCUT2D eigenvalue weighted by molar-refractivity contribution is 6.31. The number of benzene rings is 2. The molecular formula is C16H15ClN2O3. The highest BCUT2D eigenvalue weighted by atomic mass is 35.5. The lowest BCUT2D eigenvalue weighted by molar-refractivity contribution is 0.0844. The number of aryl methyl sites for hydroxylation is 1. The number of halogens is 1. The number of rotatable bonds is 2. The number of hydrogen-bond acceptors (Lipinski definition) is 3. The van der Waals surface area contributed by atoms with Crippen molar-refractivity contribution in [1.82, 2.24) is 10.9 Å². The summed E-state index contributed by atoms with van der Waals surface area (Å²) in [4.78, 5) is 24.1. The standard InChI is InChI=1S/C16H15ClN2O3/c1-9-4-3-5-12(10(9)2)15(21)18-19-16(22)13-8-11(17)6-7-14(13)20/h3-8,20H,1-2H3,(H,18,21)(H,19,22). The maximum absolute atomic E-state index is 12.1. The molecule has 0 aliphatic heterocycles. The van der Waals surface area contributed by atoms with Gasteiger partial charge >= 0.3 is 0 Å². The van der Waals surface area contributed by atoms with E-state index in [-0.39, 0.29) is 11.3 Å². The second-order valence-corrected chi connectivity index (χ2v) is 5.25. The normalized spacial score (nSPS) is 10.1. The average molecular weight is 319 g/mol. The van der Waals surface area contributed by atoms with Crippen LogP contribution in [0.5, 0.6) is 5.75 Å². The summed E-state index contributed by atoms with van der Waals surface area (Å²) in [6, 6.07) is 9.42. The molecule has 0 aliphatic rings. The van der Waals surface area contributed by atoms with Gasteiger partial charge in [0.2, 0.25) is 0 Å². The number of hydrazine groups is 1. The Morgan fingerprint density at radius 2 is 1.64 bits per heavy atom. The number of carbonyl (C=O) groups excluding carboxylic acids is 2. The van der Waals surface area contributed by atoms with Gasteiger partial charge in [0.05, 0.1) is 5.56 Å². The Bertz CT molecular complexity index is 730. The lowest BCUT2D eigenvalue weighted by Gasteiger charge is -2.11. The molecule has 0 saturated carbocycles. The molecule has 0 aromatic heterocycles. The molecule has 0 saturated heterocycles. The van der Waals surface area contributed by atoms with E-state index in [1.807, 2.05) is 19.9 Å². The molecule has 0 fully saturated rings. The molecule has 22 heavy (non-hydrogen) atoms. The van der Waals surface area contributed by atoms with Crippen molar-refractivity contribution in [3.63, 3.8) is 0 Å². The first-order valence-electron chi connectivity index (χ1n) is 6.55. The molecule has 0 aliphatic carbocycles. The summed E-state index contributed by atoms with van der Waals surface area (Å²) in [5, 5.41) is 9.95. The van der Waals surface area contributed by atoms with Crippen LogP contribution < -0.4 is 10.9 Å². The lowest BCUT2D eigenvalue weighted by atomic mass is 10.0. The van der Waals surface area contributed by atoms with E-state index in [9.17, 15) is 14.7 Å². The van der Waals surface area contributed by atoms with E-state index < -0.39 is 11.8 Å². The molecule has 3 N–H and O–H groups in total. The quantitative estimate of drug-likeness (QED) is 0.745. The van der Waals surface area contributed by atoms with Gasteiger partial charge in [-0.3, -0.25) is 20.4 Å². The van der Waals surface area contributed by atoms with Gasteiger partial charge in [-0.2, -0.15) is 0 Å². The Morgan fingerprint density at radius 1 is 1.00 bits per heavy atom. The van der Waals surface area contributed by atoms with E-state index in [1.54, 1.807) is 12.1 Å². The Kier molecular flexibility index (Phi) is 4.68. The number of hydrogen-bond donors (Lipinski definition) is 3. The van der Waals surface area contributed by atoms with E-state index >= 15 is 0 Å². The van der Waals surface area contributed by atoms with Crippen molar-refractivity contribution in [2.45, 2.75) is 13.8 Å². The third-order valence-corrected chi connectivity index (χ3v) is 3.58. The van der Waals surface area contributed by atoms with Crippen LogP contribution in [-0.4, -0.2) is 16.9 Å². The van der Waals surface area contributed by atoms with E-state index in [0.29, 0.717) is 10.6 Å². The minimum atomic E-state index is -0.654. The van der Waals surface area contributed by atoms with Crippen molar-refractivity contribution >= 4 is 23.4 Å². The fourth-order valence-electron chi connectivity index (χ4n) is 1.94.